The Kier molecular flexibility index (Phi) is 8.33. The molecule has 174 valence electrons. The van der Waals surface area contributed by atoms with Crippen LogP contribution in [0.3, 0.4) is 0 Å². The average molecular weight is 485 g/mol. The largest absolute Gasteiger partial charge is 0.383 e. The van der Waals surface area contributed by atoms with Crippen LogP contribution in [0.4, 0.5) is 0 Å². The summed E-state index contributed by atoms with van der Waals surface area (Å²) in [5, 5.41) is 3.92. The third kappa shape index (κ3) is 6.32. The van der Waals surface area contributed by atoms with Crippen molar-refractivity contribution in [2.75, 3.05) is 52.2 Å². The highest BCUT2D eigenvalue weighted by Crippen LogP contribution is 2.25. The molecular weight excluding hydrogens is 456 g/mol. The lowest BCUT2D eigenvalue weighted by Crippen LogP contribution is -2.48. The van der Waals surface area contributed by atoms with Gasteiger partial charge in [0.2, 0.25) is 5.91 Å². The van der Waals surface area contributed by atoms with Crippen LogP contribution in [0.15, 0.2) is 53.4 Å². The van der Waals surface area contributed by atoms with Gasteiger partial charge in [-0.15, -0.1) is 23.1 Å². The monoisotopic (exact) mass is 484 g/mol. The number of methoxy groups -OCH3 is 1. The van der Waals surface area contributed by atoms with Crippen LogP contribution in [0.2, 0.25) is 0 Å². The number of thiazole rings is 1. The second-order valence-corrected chi connectivity index (χ2v) is 9.90. The van der Waals surface area contributed by atoms with Crippen molar-refractivity contribution < 1.29 is 14.3 Å². The molecule has 0 aliphatic carbocycles. The van der Waals surface area contributed by atoms with Crippen LogP contribution in [0.25, 0.3) is 10.2 Å². The Balaban J connectivity index is 1.30. The highest BCUT2D eigenvalue weighted by Gasteiger charge is 2.24. The summed E-state index contributed by atoms with van der Waals surface area (Å²) in [7, 11) is 1.60. The molecule has 1 fully saturated rings. The first kappa shape index (κ1) is 23.7. The summed E-state index contributed by atoms with van der Waals surface area (Å²) in [6, 6.07) is 15.7. The van der Waals surface area contributed by atoms with E-state index in [-0.39, 0.29) is 17.6 Å². The van der Waals surface area contributed by atoms with Crippen LogP contribution in [0.5, 0.6) is 0 Å². The first-order valence-corrected chi connectivity index (χ1v) is 12.8. The molecule has 3 aromatic rings. The van der Waals surface area contributed by atoms with Crippen molar-refractivity contribution in [2.24, 2.45) is 0 Å². The maximum absolute atomic E-state index is 13.2. The van der Waals surface area contributed by atoms with Gasteiger partial charge in [-0.2, -0.15) is 0 Å². The number of carbonyl (C=O) groups is 2. The number of piperazine rings is 1. The molecule has 2 heterocycles. The summed E-state index contributed by atoms with van der Waals surface area (Å²) >= 11 is 3.13. The minimum Gasteiger partial charge on any atom is -0.383 e. The van der Waals surface area contributed by atoms with Crippen LogP contribution in [0, 0.1) is 0 Å². The van der Waals surface area contributed by atoms with E-state index < -0.39 is 0 Å². The second-order valence-electron chi connectivity index (χ2n) is 7.77. The van der Waals surface area contributed by atoms with E-state index in [1.165, 1.54) is 16.5 Å². The fourth-order valence-corrected chi connectivity index (χ4v) is 5.60. The molecule has 9 heteroatoms. The van der Waals surface area contributed by atoms with Crippen LogP contribution in [0.1, 0.15) is 15.4 Å². The number of thioether (sulfide) groups is 1. The standard InChI is InChI=1S/C24H28N4O3S2/c1-31-15-10-25-22(29)17-32-20-8-4-2-6-18(20)24(30)28-13-11-27(12-14-28)16-23-26-19-7-3-5-9-21(19)33-23/h2-9H,10-17H2,1H3,(H,25,29). The van der Waals surface area contributed by atoms with E-state index in [0.29, 0.717) is 31.8 Å². The molecule has 1 N–H and O–H groups in total. The molecule has 0 spiro atoms. The van der Waals surface area contributed by atoms with Crippen LogP contribution in [-0.2, 0) is 16.1 Å². The van der Waals surface area contributed by atoms with Crippen molar-refractivity contribution >= 4 is 45.1 Å². The molecular formula is C24H28N4O3S2. The van der Waals surface area contributed by atoms with Crippen molar-refractivity contribution in [3.05, 3.63) is 59.1 Å². The number of carbonyl (C=O) groups excluding carboxylic acids is 2. The van der Waals surface area contributed by atoms with Gasteiger partial charge in [-0.05, 0) is 24.3 Å². The number of benzene rings is 2. The van der Waals surface area contributed by atoms with E-state index in [4.69, 9.17) is 9.72 Å². The van der Waals surface area contributed by atoms with Gasteiger partial charge in [0.05, 0.1) is 34.7 Å². The molecule has 1 aromatic heterocycles. The number of ether oxygens (including phenoxy) is 1. The van der Waals surface area contributed by atoms with E-state index in [2.05, 4.69) is 16.3 Å². The van der Waals surface area contributed by atoms with E-state index in [0.717, 1.165) is 35.1 Å². The number of amides is 2. The van der Waals surface area contributed by atoms with Crippen molar-refractivity contribution in [1.82, 2.24) is 20.1 Å². The molecule has 2 aromatic carbocycles. The number of fused-ring (bicyclic) bond motifs is 1. The zero-order valence-corrected chi connectivity index (χ0v) is 20.3. The van der Waals surface area contributed by atoms with Crippen molar-refractivity contribution in [2.45, 2.75) is 11.4 Å². The lowest BCUT2D eigenvalue weighted by atomic mass is 10.2. The van der Waals surface area contributed by atoms with E-state index in [9.17, 15) is 9.59 Å². The van der Waals surface area contributed by atoms with Crippen molar-refractivity contribution in [3.8, 4) is 0 Å². The van der Waals surface area contributed by atoms with E-state index in [1.54, 1.807) is 18.4 Å². The SMILES string of the molecule is COCCNC(=O)CSc1ccccc1C(=O)N1CCN(Cc2nc3ccccc3s2)CC1. The van der Waals surface area contributed by atoms with Crippen LogP contribution in [-0.4, -0.2) is 78.8 Å². The zero-order valence-electron chi connectivity index (χ0n) is 18.7. The number of hydrogen-bond donors (Lipinski definition) is 1. The van der Waals surface area contributed by atoms with Crippen molar-refractivity contribution in [3.63, 3.8) is 0 Å². The number of rotatable bonds is 9. The molecule has 1 aliphatic heterocycles. The first-order valence-electron chi connectivity index (χ1n) is 11.0. The van der Waals surface area contributed by atoms with Crippen molar-refractivity contribution in [1.29, 1.82) is 0 Å². The number of nitrogens with one attached hydrogen (secondary N) is 1. The smallest absolute Gasteiger partial charge is 0.255 e. The fourth-order valence-electron chi connectivity index (χ4n) is 3.71. The molecule has 0 saturated carbocycles. The summed E-state index contributed by atoms with van der Waals surface area (Å²) in [5.41, 5.74) is 1.71. The highest BCUT2D eigenvalue weighted by atomic mass is 32.2. The predicted molar refractivity (Wildman–Crippen MR) is 133 cm³/mol. The fraction of sp³-hybridized carbons (Fsp3) is 0.375. The van der Waals surface area contributed by atoms with Gasteiger partial charge in [0.15, 0.2) is 0 Å². The third-order valence-electron chi connectivity index (χ3n) is 5.46. The predicted octanol–water partition coefficient (Wildman–Crippen LogP) is 3.11. The molecule has 0 radical (unpaired) electrons. The molecule has 0 unspecified atom stereocenters. The molecule has 1 aliphatic rings. The van der Waals surface area contributed by atoms with Gasteiger partial charge in [-0.3, -0.25) is 14.5 Å². The Labute approximate surface area is 202 Å². The molecule has 2 amide bonds. The summed E-state index contributed by atoms with van der Waals surface area (Å²) in [5.74, 6) is 0.226. The number of aromatic nitrogens is 1. The minimum absolute atomic E-state index is 0.0255. The topological polar surface area (TPSA) is 74.8 Å². The summed E-state index contributed by atoms with van der Waals surface area (Å²) in [4.78, 5) is 35.1. The molecule has 0 atom stereocenters. The van der Waals surface area contributed by atoms with Gasteiger partial charge in [0.1, 0.15) is 5.01 Å². The Morgan fingerprint density at radius 2 is 1.85 bits per heavy atom. The summed E-state index contributed by atoms with van der Waals surface area (Å²) in [6.45, 7) is 4.78. The second kappa shape index (κ2) is 11.6. The summed E-state index contributed by atoms with van der Waals surface area (Å²) in [6.07, 6.45) is 0. The maximum Gasteiger partial charge on any atom is 0.255 e. The Hall–Kier alpha value is -2.46. The van der Waals surface area contributed by atoms with Gasteiger partial charge in [0, 0.05) is 44.7 Å². The van der Waals surface area contributed by atoms with Gasteiger partial charge >= 0.3 is 0 Å². The van der Waals surface area contributed by atoms with E-state index in [1.807, 2.05) is 47.4 Å². The third-order valence-corrected chi connectivity index (χ3v) is 7.56. The molecule has 33 heavy (non-hydrogen) atoms. The van der Waals surface area contributed by atoms with Gasteiger partial charge in [-0.25, -0.2) is 4.98 Å². The zero-order chi connectivity index (χ0) is 23.0. The van der Waals surface area contributed by atoms with Crippen LogP contribution >= 0.6 is 23.1 Å². The average Bonchev–Trinajstić information content (AvgIpc) is 3.25. The highest BCUT2D eigenvalue weighted by molar-refractivity contribution is 8.00. The normalized spacial score (nSPS) is 14.5. The van der Waals surface area contributed by atoms with Gasteiger partial charge in [-0.1, -0.05) is 24.3 Å². The quantitative estimate of drug-likeness (QED) is 0.372. The molecule has 1 saturated heterocycles. The Morgan fingerprint density at radius 1 is 1.09 bits per heavy atom. The Morgan fingerprint density at radius 3 is 2.64 bits per heavy atom. The molecule has 0 bridgehead atoms. The lowest BCUT2D eigenvalue weighted by molar-refractivity contribution is -0.118. The van der Waals surface area contributed by atoms with E-state index >= 15 is 0 Å². The molecule has 7 nitrogen and oxygen atoms in total. The first-order chi connectivity index (χ1) is 16.1. The maximum atomic E-state index is 13.2. The minimum atomic E-state index is -0.0669. The van der Waals surface area contributed by atoms with Gasteiger partial charge < -0.3 is 15.0 Å². The molecule has 4 rings (SSSR count). The van der Waals surface area contributed by atoms with Crippen LogP contribution < -0.4 is 5.32 Å². The number of nitrogens with zero attached hydrogens (tertiary/aromatic N) is 3. The number of para-hydroxylation sites is 1. The van der Waals surface area contributed by atoms with Gasteiger partial charge in [0.25, 0.3) is 5.91 Å². The summed E-state index contributed by atoms with van der Waals surface area (Å²) < 4.78 is 6.16. The Bertz CT molecular complexity index is 1060. The number of hydrogen-bond acceptors (Lipinski definition) is 7. The lowest BCUT2D eigenvalue weighted by Gasteiger charge is -2.34.